The van der Waals surface area contributed by atoms with Crippen molar-refractivity contribution in [2.45, 2.75) is 39.7 Å². The molecular weight excluding hydrogens is 296 g/mol. The number of hydrazone groups is 1. The lowest BCUT2D eigenvalue weighted by Gasteiger charge is -2.20. The summed E-state index contributed by atoms with van der Waals surface area (Å²) in [5, 5.41) is 8.97. The molecule has 0 spiro atoms. The number of amides is 3. The van der Waals surface area contributed by atoms with Crippen molar-refractivity contribution in [2.24, 2.45) is 5.10 Å². The van der Waals surface area contributed by atoms with Crippen LogP contribution in [0.25, 0.3) is 0 Å². The van der Waals surface area contributed by atoms with E-state index in [0.29, 0.717) is 11.4 Å². The van der Waals surface area contributed by atoms with Crippen molar-refractivity contribution in [3.63, 3.8) is 0 Å². The summed E-state index contributed by atoms with van der Waals surface area (Å²) in [4.78, 5) is 35.0. The van der Waals surface area contributed by atoms with Gasteiger partial charge in [0.25, 0.3) is 0 Å². The minimum atomic E-state index is -0.899. The van der Waals surface area contributed by atoms with Gasteiger partial charge in [0.05, 0.1) is 6.42 Å². The number of carbonyl (C=O) groups is 3. The van der Waals surface area contributed by atoms with E-state index in [9.17, 15) is 14.4 Å². The van der Waals surface area contributed by atoms with Gasteiger partial charge in [0.1, 0.15) is 0 Å². The van der Waals surface area contributed by atoms with Gasteiger partial charge in [-0.2, -0.15) is 5.10 Å². The molecule has 0 radical (unpaired) electrons. The zero-order valence-corrected chi connectivity index (χ0v) is 13.8. The molecule has 0 saturated heterocycles. The van der Waals surface area contributed by atoms with Crippen LogP contribution in [0.3, 0.4) is 0 Å². The minimum absolute atomic E-state index is 0.0395. The van der Waals surface area contributed by atoms with Crippen LogP contribution in [0.2, 0.25) is 0 Å². The number of hydrogen-bond donors (Lipinski definition) is 3. The van der Waals surface area contributed by atoms with Gasteiger partial charge >= 0.3 is 11.8 Å². The third-order valence-corrected chi connectivity index (χ3v) is 2.52. The van der Waals surface area contributed by atoms with E-state index in [2.05, 4.69) is 21.2 Å². The predicted octanol–water partition coefficient (Wildman–Crippen LogP) is 1.42. The molecular formula is C16H22N4O3. The Hall–Kier alpha value is -2.70. The Labute approximate surface area is 135 Å². The third-order valence-electron chi connectivity index (χ3n) is 2.52. The maximum Gasteiger partial charge on any atom is 0.329 e. The molecule has 23 heavy (non-hydrogen) atoms. The van der Waals surface area contributed by atoms with Crippen molar-refractivity contribution < 1.29 is 14.4 Å². The van der Waals surface area contributed by atoms with Gasteiger partial charge in [-0.05, 0) is 39.8 Å². The highest BCUT2D eigenvalue weighted by Gasteiger charge is 2.15. The molecule has 0 aliphatic heterocycles. The highest BCUT2D eigenvalue weighted by atomic mass is 16.2. The van der Waals surface area contributed by atoms with Crippen molar-refractivity contribution in [3.8, 4) is 0 Å². The zero-order valence-electron chi connectivity index (χ0n) is 13.8. The summed E-state index contributed by atoms with van der Waals surface area (Å²) < 4.78 is 0. The number of anilines is 1. The standard InChI is InChI=1S/C16H22N4O3/c1-11(10-13(21)18-16(2,3)4)19-20-15(23)14(22)17-12-8-6-5-7-9-12/h5-9H,10H2,1-4H3,(H,17,22)(H,18,21)(H,20,23). The van der Waals surface area contributed by atoms with E-state index in [1.807, 2.05) is 20.8 Å². The summed E-state index contributed by atoms with van der Waals surface area (Å²) >= 11 is 0. The lowest BCUT2D eigenvalue weighted by atomic mass is 10.1. The summed E-state index contributed by atoms with van der Waals surface area (Å²) in [6.07, 6.45) is 0.0395. The quantitative estimate of drug-likeness (QED) is 0.445. The molecule has 0 atom stereocenters. The Morgan fingerprint density at radius 2 is 1.65 bits per heavy atom. The van der Waals surface area contributed by atoms with E-state index < -0.39 is 11.8 Å². The van der Waals surface area contributed by atoms with Crippen LogP contribution in [0.15, 0.2) is 35.4 Å². The first-order valence-corrected chi connectivity index (χ1v) is 7.18. The molecule has 0 unspecified atom stereocenters. The van der Waals surface area contributed by atoms with Gasteiger partial charge in [-0.25, -0.2) is 5.43 Å². The van der Waals surface area contributed by atoms with Crippen LogP contribution < -0.4 is 16.1 Å². The normalized spacial score (nSPS) is 11.6. The van der Waals surface area contributed by atoms with Crippen LogP contribution in [0, 0.1) is 0 Å². The van der Waals surface area contributed by atoms with Crippen LogP contribution in [-0.4, -0.2) is 29.0 Å². The van der Waals surface area contributed by atoms with E-state index in [-0.39, 0.29) is 17.9 Å². The Morgan fingerprint density at radius 1 is 1.04 bits per heavy atom. The molecule has 0 aliphatic rings. The van der Waals surface area contributed by atoms with Crippen LogP contribution in [0.4, 0.5) is 5.69 Å². The molecule has 7 heteroatoms. The van der Waals surface area contributed by atoms with Crippen molar-refractivity contribution in [1.82, 2.24) is 10.7 Å². The Morgan fingerprint density at radius 3 is 2.22 bits per heavy atom. The second-order valence-corrected chi connectivity index (χ2v) is 6.08. The lowest BCUT2D eigenvalue weighted by molar-refractivity contribution is -0.136. The SMILES string of the molecule is CC(CC(=O)NC(C)(C)C)=NNC(=O)C(=O)Nc1ccccc1. The second-order valence-electron chi connectivity index (χ2n) is 6.08. The zero-order chi connectivity index (χ0) is 17.5. The number of hydrogen-bond acceptors (Lipinski definition) is 4. The number of nitrogens with one attached hydrogen (secondary N) is 3. The fourth-order valence-electron chi connectivity index (χ4n) is 1.64. The van der Waals surface area contributed by atoms with Gasteiger partial charge in [0.15, 0.2) is 0 Å². The van der Waals surface area contributed by atoms with Gasteiger partial charge in [-0.15, -0.1) is 0 Å². The minimum Gasteiger partial charge on any atom is -0.351 e. The van der Waals surface area contributed by atoms with Crippen molar-refractivity contribution in [3.05, 3.63) is 30.3 Å². The van der Waals surface area contributed by atoms with E-state index >= 15 is 0 Å². The van der Waals surface area contributed by atoms with Crippen LogP contribution in [-0.2, 0) is 14.4 Å². The van der Waals surface area contributed by atoms with E-state index in [1.165, 1.54) is 0 Å². The molecule has 1 aromatic carbocycles. The average molecular weight is 318 g/mol. The fraction of sp³-hybridized carbons (Fsp3) is 0.375. The summed E-state index contributed by atoms with van der Waals surface area (Å²) in [5.74, 6) is -1.93. The van der Waals surface area contributed by atoms with Crippen LogP contribution in [0.1, 0.15) is 34.1 Å². The molecule has 1 rings (SSSR count). The summed E-state index contributed by atoms with van der Waals surface area (Å²) in [6, 6.07) is 8.60. The Bertz CT molecular complexity index is 604. The van der Waals surface area contributed by atoms with E-state index in [1.54, 1.807) is 37.3 Å². The molecule has 124 valence electrons. The molecule has 1 aromatic rings. The molecule has 0 aromatic heterocycles. The molecule has 0 bridgehead atoms. The maximum absolute atomic E-state index is 11.7. The van der Waals surface area contributed by atoms with E-state index in [4.69, 9.17) is 0 Å². The number of benzene rings is 1. The Balaban J connectivity index is 2.47. The molecule has 7 nitrogen and oxygen atoms in total. The lowest BCUT2D eigenvalue weighted by Crippen LogP contribution is -2.41. The average Bonchev–Trinajstić information content (AvgIpc) is 2.43. The molecule has 0 saturated carbocycles. The molecule has 0 aliphatic carbocycles. The van der Waals surface area contributed by atoms with Crippen molar-refractivity contribution in [2.75, 3.05) is 5.32 Å². The molecule has 0 heterocycles. The summed E-state index contributed by atoms with van der Waals surface area (Å²) in [6.45, 7) is 7.20. The number of carbonyl (C=O) groups excluding carboxylic acids is 3. The maximum atomic E-state index is 11.7. The third kappa shape index (κ3) is 7.75. The molecule has 3 N–H and O–H groups in total. The van der Waals surface area contributed by atoms with Crippen molar-refractivity contribution >= 4 is 29.1 Å². The first kappa shape index (κ1) is 18.3. The van der Waals surface area contributed by atoms with Gasteiger partial charge in [-0.3, -0.25) is 14.4 Å². The summed E-state index contributed by atoms with van der Waals surface area (Å²) in [7, 11) is 0. The molecule has 0 fully saturated rings. The number of rotatable bonds is 4. The highest BCUT2D eigenvalue weighted by molar-refractivity contribution is 6.39. The number of para-hydroxylation sites is 1. The van der Waals surface area contributed by atoms with Crippen LogP contribution >= 0.6 is 0 Å². The Kier molecular flexibility index (Phi) is 6.44. The molecule has 3 amide bonds. The van der Waals surface area contributed by atoms with Gasteiger partial charge < -0.3 is 10.6 Å². The van der Waals surface area contributed by atoms with Crippen LogP contribution in [0.5, 0.6) is 0 Å². The smallest absolute Gasteiger partial charge is 0.329 e. The monoisotopic (exact) mass is 318 g/mol. The van der Waals surface area contributed by atoms with E-state index in [0.717, 1.165) is 0 Å². The topological polar surface area (TPSA) is 99.7 Å². The van der Waals surface area contributed by atoms with Gasteiger partial charge in [0.2, 0.25) is 5.91 Å². The predicted molar refractivity (Wildman–Crippen MR) is 88.8 cm³/mol. The first-order valence-electron chi connectivity index (χ1n) is 7.18. The van der Waals surface area contributed by atoms with Gasteiger partial charge in [-0.1, -0.05) is 18.2 Å². The highest BCUT2D eigenvalue weighted by Crippen LogP contribution is 2.04. The second kappa shape index (κ2) is 8.07. The summed E-state index contributed by atoms with van der Waals surface area (Å²) in [5.41, 5.74) is 2.70. The van der Waals surface area contributed by atoms with Crippen molar-refractivity contribution in [1.29, 1.82) is 0 Å². The number of nitrogens with zero attached hydrogens (tertiary/aromatic N) is 1. The largest absolute Gasteiger partial charge is 0.351 e. The fourth-order valence-corrected chi connectivity index (χ4v) is 1.64. The first-order chi connectivity index (χ1) is 10.7. The van der Waals surface area contributed by atoms with Gasteiger partial charge in [0, 0.05) is 16.9 Å².